The van der Waals surface area contributed by atoms with Gasteiger partial charge in [0.1, 0.15) is 22.5 Å². The molecule has 3 aromatic rings. The van der Waals surface area contributed by atoms with Gasteiger partial charge in [-0.15, -0.1) is 0 Å². The highest BCUT2D eigenvalue weighted by molar-refractivity contribution is 7.16. The van der Waals surface area contributed by atoms with Crippen molar-refractivity contribution in [3.05, 3.63) is 35.0 Å². The van der Waals surface area contributed by atoms with E-state index in [2.05, 4.69) is 16.2 Å². The van der Waals surface area contributed by atoms with Crippen LogP contribution in [0, 0.1) is 18.3 Å². The van der Waals surface area contributed by atoms with E-state index in [1.807, 2.05) is 31.2 Å². The van der Waals surface area contributed by atoms with Crippen molar-refractivity contribution >= 4 is 16.3 Å². The van der Waals surface area contributed by atoms with Gasteiger partial charge < -0.3 is 4.74 Å². The van der Waals surface area contributed by atoms with E-state index in [4.69, 9.17) is 4.74 Å². The highest BCUT2D eigenvalue weighted by atomic mass is 32.1. The molecule has 6 heteroatoms. The minimum Gasteiger partial charge on any atom is -0.496 e. The molecule has 0 aliphatic rings. The Kier molecular flexibility index (Phi) is 2.69. The topological polar surface area (TPSA) is 63.2 Å². The fraction of sp³-hybridized carbons (Fsp3) is 0.154. The first-order chi connectivity index (χ1) is 9.24. The second-order valence-electron chi connectivity index (χ2n) is 3.94. The third-order valence-electron chi connectivity index (χ3n) is 2.77. The Bertz CT molecular complexity index is 797. The average molecular weight is 270 g/mol. The zero-order valence-corrected chi connectivity index (χ0v) is 11.2. The van der Waals surface area contributed by atoms with E-state index in [0.29, 0.717) is 17.1 Å². The summed E-state index contributed by atoms with van der Waals surface area (Å²) >= 11 is 1.46. The number of hydrogen-bond donors (Lipinski definition) is 0. The number of aromatic nitrogens is 3. The van der Waals surface area contributed by atoms with Gasteiger partial charge in [0.25, 0.3) is 0 Å². The Hall–Kier alpha value is -2.39. The first-order valence-electron chi connectivity index (χ1n) is 5.64. The molecule has 0 unspecified atom stereocenters. The second-order valence-corrected chi connectivity index (χ2v) is 5.10. The number of imidazole rings is 1. The minimum absolute atomic E-state index is 0.434. The Balaban J connectivity index is 2.31. The molecule has 5 nitrogen and oxygen atoms in total. The van der Waals surface area contributed by atoms with Crippen LogP contribution in [0.5, 0.6) is 5.75 Å². The van der Waals surface area contributed by atoms with Crippen molar-refractivity contribution in [2.24, 2.45) is 0 Å². The highest BCUT2D eigenvalue weighted by Crippen LogP contribution is 2.32. The maximum absolute atomic E-state index is 9.35. The number of aryl methyl sites for hydroxylation is 1. The van der Waals surface area contributed by atoms with Gasteiger partial charge in [0.15, 0.2) is 5.69 Å². The van der Waals surface area contributed by atoms with Gasteiger partial charge in [0.05, 0.1) is 7.11 Å². The molecule has 0 fully saturated rings. The number of methoxy groups -OCH3 is 1. The number of hydrogen-bond acceptors (Lipinski definition) is 5. The van der Waals surface area contributed by atoms with Crippen molar-refractivity contribution in [1.29, 1.82) is 5.26 Å². The molecular weight excluding hydrogens is 260 g/mol. The van der Waals surface area contributed by atoms with Gasteiger partial charge in [0, 0.05) is 5.56 Å². The SMILES string of the molecule is COc1ccccc1-c1nc2sc(C)nn2c1C#N. The van der Waals surface area contributed by atoms with Crippen LogP contribution in [0.3, 0.4) is 0 Å². The molecule has 2 aromatic heterocycles. The van der Waals surface area contributed by atoms with Crippen LogP contribution in [0.15, 0.2) is 24.3 Å². The lowest BCUT2D eigenvalue weighted by molar-refractivity contribution is 0.416. The molecule has 3 rings (SSSR count). The predicted octanol–water partition coefficient (Wildman–Crippen LogP) is 2.65. The Morgan fingerprint density at radius 2 is 2.16 bits per heavy atom. The fourth-order valence-electron chi connectivity index (χ4n) is 1.97. The average Bonchev–Trinajstić information content (AvgIpc) is 2.94. The zero-order chi connectivity index (χ0) is 13.4. The molecule has 1 aromatic carbocycles. The number of nitriles is 1. The maximum atomic E-state index is 9.35. The molecule has 0 aliphatic heterocycles. The van der Waals surface area contributed by atoms with Crippen LogP contribution in [0.4, 0.5) is 0 Å². The summed E-state index contributed by atoms with van der Waals surface area (Å²) in [7, 11) is 1.60. The number of benzene rings is 1. The van der Waals surface area contributed by atoms with E-state index >= 15 is 0 Å². The molecule has 0 spiro atoms. The summed E-state index contributed by atoms with van der Waals surface area (Å²) in [5.41, 5.74) is 1.85. The molecule has 0 saturated carbocycles. The monoisotopic (exact) mass is 270 g/mol. The van der Waals surface area contributed by atoms with Crippen LogP contribution in [0.25, 0.3) is 16.2 Å². The zero-order valence-electron chi connectivity index (χ0n) is 10.4. The van der Waals surface area contributed by atoms with Crippen molar-refractivity contribution in [3.8, 4) is 23.1 Å². The lowest BCUT2D eigenvalue weighted by Crippen LogP contribution is -1.92. The summed E-state index contributed by atoms with van der Waals surface area (Å²) < 4.78 is 6.90. The van der Waals surface area contributed by atoms with Gasteiger partial charge in [-0.05, 0) is 19.1 Å². The van der Waals surface area contributed by atoms with E-state index in [1.54, 1.807) is 11.6 Å². The summed E-state index contributed by atoms with van der Waals surface area (Å²) in [5, 5.41) is 14.5. The summed E-state index contributed by atoms with van der Waals surface area (Å²) in [5.74, 6) is 0.696. The number of para-hydroxylation sites is 1. The third-order valence-corrected chi connectivity index (χ3v) is 3.60. The molecule has 0 amide bonds. The second kappa shape index (κ2) is 4.37. The van der Waals surface area contributed by atoms with E-state index in [9.17, 15) is 5.26 Å². The molecule has 2 heterocycles. The lowest BCUT2D eigenvalue weighted by Gasteiger charge is -2.05. The van der Waals surface area contributed by atoms with Gasteiger partial charge in [-0.3, -0.25) is 0 Å². The first kappa shape index (κ1) is 11.7. The number of ether oxygens (including phenoxy) is 1. The van der Waals surface area contributed by atoms with E-state index in [-0.39, 0.29) is 0 Å². The van der Waals surface area contributed by atoms with Gasteiger partial charge in [-0.2, -0.15) is 14.9 Å². The normalized spacial score (nSPS) is 10.6. The Morgan fingerprint density at radius 3 is 2.89 bits per heavy atom. The maximum Gasteiger partial charge on any atom is 0.213 e. The van der Waals surface area contributed by atoms with Gasteiger partial charge >= 0.3 is 0 Å². The minimum atomic E-state index is 0.434. The summed E-state index contributed by atoms with van der Waals surface area (Å²) in [6.45, 7) is 1.89. The standard InChI is InChI=1S/C13H10N4OS/c1-8-16-17-10(7-14)12(15-13(17)19-8)9-5-3-4-6-11(9)18-2/h3-6H,1-2H3. The van der Waals surface area contributed by atoms with Gasteiger partial charge in [-0.1, -0.05) is 23.5 Å². The van der Waals surface area contributed by atoms with Crippen molar-refractivity contribution in [2.75, 3.05) is 7.11 Å². The molecule has 19 heavy (non-hydrogen) atoms. The molecule has 94 valence electrons. The van der Waals surface area contributed by atoms with E-state index in [0.717, 1.165) is 15.5 Å². The van der Waals surface area contributed by atoms with Crippen LogP contribution in [0.2, 0.25) is 0 Å². The van der Waals surface area contributed by atoms with Crippen molar-refractivity contribution in [2.45, 2.75) is 6.92 Å². The quantitative estimate of drug-likeness (QED) is 0.718. The van der Waals surface area contributed by atoms with Crippen molar-refractivity contribution in [3.63, 3.8) is 0 Å². The highest BCUT2D eigenvalue weighted by Gasteiger charge is 2.19. The molecule has 0 radical (unpaired) electrons. The summed E-state index contributed by atoms with van der Waals surface area (Å²) in [6.07, 6.45) is 0. The summed E-state index contributed by atoms with van der Waals surface area (Å²) in [4.78, 5) is 5.22. The summed E-state index contributed by atoms with van der Waals surface area (Å²) in [6, 6.07) is 9.69. The number of nitrogens with zero attached hydrogens (tertiary/aromatic N) is 4. The molecule has 0 aliphatic carbocycles. The van der Waals surface area contributed by atoms with Crippen LogP contribution < -0.4 is 4.74 Å². The third kappa shape index (κ3) is 1.75. The molecule has 0 N–H and O–H groups in total. The predicted molar refractivity (Wildman–Crippen MR) is 72.3 cm³/mol. The smallest absolute Gasteiger partial charge is 0.213 e. The first-order valence-corrected chi connectivity index (χ1v) is 6.46. The van der Waals surface area contributed by atoms with E-state index in [1.165, 1.54) is 11.3 Å². The van der Waals surface area contributed by atoms with Crippen molar-refractivity contribution < 1.29 is 4.74 Å². The van der Waals surface area contributed by atoms with Gasteiger partial charge in [-0.25, -0.2) is 4.98 Å². The molecule has 0 atom stereocenters. The molecule has 0 saturated heterocycles. The van der Waals surface area contributed by atoms with E-state index < -0.39 is 0 Å². The van der Waals surface area contributed by atoms with Gasteiger partial charge in [0.2, 0.25) is 4.96 Å². The van der Waals surface area contributed by atoms with Crippen LogP contribution >= 0.6 is 11.3 Å². The lowest BCUT2D eigenvalue weighted by atomic mass is 10.1. The largest absolute Gasteiger partial charge is 0.496 e. The Morgan fingerprint density at radius 1 is 1.37 bits per heavy atom. The molecular formula is C13H10N4OS. The van der Waals surface area contributed by atoms with Crippen LogP contribution in [-0.4, -0.2) is 21.7 Å². The molecule has 0 bridgehead atoms. The van der Waals surface area contributed by atoms with Crippen molar-refractivity contribution in [1.82, 2.24) is 14.6 Å². The van der Waals surface area contributed by atoms with Crippen LogP contribution in [0.1, 0.15) is 10.7 Å². The fourth-order valence-corrected chi connectivity index (χ4v) is 2.71. The Labute approximate surface area is 113 Å². The number of rotatable bonds is 2. The van der Waals surface area contributed by atoms with Crippen LogP contribution in [-0.2, 0) is 0 Å². The number of fused-ring (bicyclic) bond motifs is 1.